The Labute approximate surface area is 199 Å². The minimum Gasteiger partial charge on any atom is -0.491 e. The number of furan rings is 1. The molecule has 5 fully saturated rings. The number of nitrogens with one attached hydrogen (secondary N) is 1. The second-order valence-corrected chi connectivity index (χ2v) is 11.1. The van der Waals surface area contributed by atoms with Crippen LogP contribution < -0.4 is 10.1 Å². The molecule has 34 heavy (non-hydrogen) atoms. The van der Waals surface area contributed by atoms with Gasteiger partial charge in [0, 0.05) is 0 Å². The van der Waals surface area contributed by atoms with Crippen LogP contribution in [0.1, 0.15) is 56.8 Å². The minimum absolute atomic E-state index is 0.00869. The van der Waals surface area contributed by atoms with Crippen molar-refractivity contribution in [1.29, 1.82) is 0 Å². The molecule has 4 aliphatic carbocycles. The molecule has 3 amide bonds. The summed E-state index contributed by atoms with van der Waals surface area (Å²) in [6, 6.07) is 11.1. The number of aliphatic hydroxyl groups excluding tert-OH is 1. The van der Waals surface area contributed by atoms with Crippen LogP contribution in [0.2, 0.25) is 0 Å². The van der Waals surface area contributed by atoms with E-state index < -0.39 is 23.6 Å². The Morgan fingerprint density at radius 2 is 1.74 bits per heavy atom. The normalized spacial score (nSPS) is 35.0. The second kappa shape index (κ2) is 7.87. The van der Waals surface area contributed by atoms with Crippen LogP contribution in [-0.4, -0.2) is 41.2 Å². The van der Waals surface area contributed by atoms with Crippen LogP contribution in [0, 0.1) is 17.8 Å². The zero-order valence-corrected chi connectivity index (χ0v) is 19.5. The molecule has 4 bridgehead atoms. The first-order chi connectivity index (χ1) is 16.3. The van der Waals surface area contributed by atoms with Crippen LogP contribution in [0.25, 0.3) is 0 Å². The summed E-state index contributed by atoms with van der Waals surface area (Å²) in [7, 11) is 0. The van der Waals surface area contributed by atoms with Crippen LogP contribution in [-0.2, 0) is 15.7 Å². The highest BCUT2D eigenvalue weighted by molar-refractivity contribution is 6.06. The Morgan fingerprint density at radius 3 is 2.32 bits per heavy atom. The molecule has 7 rings (SSSR count). The van der Waals surface area contributed by atoms with Gasteiger partial charge in [-0.25, -0.2) is 4.79 Å². The lowest BCUT2D eigenvalue weighted by molar-refractivity contribution is -0.132. The highest BCUT2D eigenvalue weighted by atomic mass is 16.5. The number of imide groups is 1. The number of carbonyl (C=O) groups is 2. The summed E-state index contributed by atoms with van der Waals surface area (Å²) in [6.07, 6.45) is 8.70. The van der Waals surface area contributed by atoms with Gasteiger partial charge in [-0.05, 0) is 98.4 Å². The number of nitrogens with zero attached hydrogens (tertiary/aromatic N) is 1. The Kier molecular flexibility index (Phi) is 5.03. The van der Waals surface area contributed by atoms with Crippen LogP contribution >= 0.6 is 0 Å². The summed E-state index contributed by atoms with van der Waals surface area (Å²) >= 11 is 0. The SMILES string of the molecule is CC1(c2ccco2)NC(=O)N(CC(O)COc2ccc(C34CC5CC(CC(C5)C3)C4)cc2)C1=O. The minimum atomic E-state index is -1.27. The molecule has 7 nitrogen and oxygen atoms in total. The number of hydrogen-bond acceptors (Lipinski definition) is 5. The fourth-order valence-corrected chi connectivity index (χ4v) is 7.42. The molecular weight excluding hydrogens is 432 g/mol. The largest absolute Gasteiger partial charge is 0.491 e. The lowest BCUT2D eigenvalue weighted by atomic mass is 9.48. The number of ether oxygens (including phenoxy) is 1. The fraction of sp³-hybridized carbons (Fsp3) is 0.556. The number of amides is 3. The molecule has 2 aromatic rings. The average molecular weight is 465 g/mol. The number of hydrogen-bond donors (Lipinski definition) is 2. The van der Waals surface area contributed by atoms with Crippen LogP contribution in [0.3, 0.4) is 0 Å². The van der Waals surface area contributed by atoms with E-state index in [1.54, 1.807) is 19.1 Å². The third-order valence-corrected chi connectivity index (χ3v) is 8.63. The lowest BCUT2D eigenvalue weighted by Crippen LogP contribution is -2.48. The summed E-state index contributed by atoms with van der Waals surface area (Å²) in [6.45, 7) is 1.44. The highest BCUT2D eigenvalue weighted by Gasteiger charge is 2.52. The molecule has 2 atom stereocenters. The van der Waals surface area contributed by atoms with Crippen molar-refractivity contribution in [3.05, 3.63) is 54.0 Å². The van der Waals surface area contributed by atoms with Gasteiger partial charge in [-0.15, -0.1) is 0 Å². The molecule has 1 aromatic heterocycles. The fourth-order valence-electron chi connectivity index (χ4n) is 7.42. The number of β-amino-alcohol motifs (C(OH)–C–C–N with tert-alkyl or cyclic N) is 1. The molecule has 0 radical (unpaired) electrons. The smallest absolute Gasteiger partial charge is 0.325 e. The summed E-state index contributed by atoms with van der Waals surface area (Å²) in [5, 5.41) is 13.2. The number of benzene rings is 1. The van der Waals surface area contributed by atoms with E-state index >= 15 is 0 Å². The van der Waals surface area contributed by atoms with Gasteiger partial charge < -0.3 is 19.6 Å². The number of aliphatic hydroxyl groups is 1. The topological polar surface area (TPSA) is 92.0 Å². The van der Waals surface area contributed by atoms with Crippen molar-refractivity contribution >= 4 is 11.9 Å². The molecule has 2 N–H and O–H groups in total. The van der Waals surface area contributed by atoms with Crippen molar-refractivity contribution in [2.24, 2.45) is 17.8 Å². The summed E-state index contributed by atoms with van der Waals surface area (Å²) < 4.78 is 11.1. The molecule has 7 heteroatoms. The van der Waals surface area contributed by atoms with Gasteiger partial charge in [-0.3, -0.25) is 9.69 Å². The van der Waals surface area contributed by atoms with Gasteiger partial charge in [-0.1, -0.05) is 12.1 Å². The van der Waals surface area contributed by atoms with E-state index in [0.717, 1.165) is 22.7 Å². The van der Waals surface area contributed by atoms with Gasteiger partial charge in [0.05, 0.1) is 12.8 Å². The number of urea groups is 1. The Bertz CT molecular complexity index is 1040. The molecule has 1 aromatic carbocycles. The molecule has 180 valence electrons. The van der Waals surface area contributed by atoms with Crippen molar-refractivity contribution < 1.29 is 23.8 Å². The third-order valence-electron chi connectivity index (χ3n) is 8.63. The molecule has 2 heterocycles. The molecule has 0 spiro atoms. The molecule has 1 saturated heterocycles. The van der Waals surface area contributed by atoms with E-state index in [1.165, 1.54) is 50.4 Å². The quantitative estimate of drug-likeness (QED) is 0.606. The number of rotatable bonds is 7. The lowest BCUT2D eigenvalue weighted by Gasteiger charge is -2.57. The molecule has 5 aliphatic rings. The second-order valence-electron chi connectivity index (χ2n) is 11.1. The van der Waals surface area contributed by atoms with Crippen LogP contribution in [0.5, 0.6) is 5.75 Å². The van der Waals surface area contributed by atoms with Crippen molar-refractivity contribution in [2.75, 3.05) is 13.2 Å². The van der Waals surface area contributed by atoms with Gasteiger partial charge in [0.25, 0.3) is 5.91 Å². The average Bonchev–Trinajstić information content (AvgIpc) is 3.42. The van der Waals surface area contributed by atoms with Crippen molar-refractivity contribution in [1.82, 2.24) is 10.2 Å². The van der Waals surface area contributed by atoms with E-state index in [1.807, 2.05) is 12.1 Å². The predicted molar refractivity (Wildman–Crippen MR) is 124 cm³/mol. The van der Waals surface area contributed by atoms with Crippen molar-refractivity contribution in [2.45, 2.75) is 62.5 Å². The summed E-state index contributed by atoms with van der Waals surface area (Å²) in [4.78, 5) is 26.3. The predicted octanol–water partition coefficient (Wildman–Crippen LogP) is 3.95. The van der Waals surface area contributed by atoms with Gasteiger partial charge >= 0.3 is 6.03 Å². The van der Waals surface area contributed by atoms with E-state index in [9.17, 15) is 14.7 Å². The Balaban J connectivity index is 1.06. The van der Waals surface area contributed by atoms with Crippen molar-refractivity contribution in [3.63, 3.8) is 0 Å². The Hall–Kier alpha value is -2.80. The van der Waals surface area contributed by atoms with Crippen LogP contribution in [0.4, 0.5) is 4.79 Å². The highest BCUT2D eigenvalue weighted by Crippen LogP contribution is 2.60. The van der Waals surface area contributed by atoms with Crippen LogP contribution in [0.15, 0.2) is 47.1 Å². The van der Waals surface area contributed by atoms with Gasteiger partial charge in [-0.2, -0.15) is 0 Å². The first-order valence-corrected chi connectivity index (χ1v) is 12.4. The van der Waals surface area contributed by atoms with Gasteiger partial charge in [0.2, 0.25) is 0 Å². The maximum Gasteiger partial charge on any atom is 0.325 e. The standard InChI is InChI=1S/C27H32N2O5/c1-26(23-3-2-8-33-23)24(31)29(25(32)28-26)15-21(30)16-34-22-6-4-20(5-7-22)27-12-17-9-18(13-27)11-19(10-17)14-27/h2-8,17-19,21,30H,9-16H2,1H3,(H,28,32). The Morgan fingerprint density at radius 1 is 1.09 bits per heavy atom. The van der Waals surface area contributed by atoms with Crippen molar-refractivity contribution in [3.8, 4) is 5.75 Å². The van der Waals surface area contributed by atoms with Gasteiger partial charge in [0.15, 0.2) is 5.54 Å². The third kappa shape index (κ3) is 3.52. The van der Waals surface area contributed by atoms with E-state index in [0.29, 0.717) is 16.9 Å². The first kappa shape index (κ1) is 21.7. The van der Waals surface area contributed by atoms with E-state index in [4.69, 9.17) is 9.15 Å². The maximum absolute atomic E-state index is 12.9. The zero-order valence-electron chi connectivity index (χ0n) is 19.5. The summed E-state index contributed by atoms with van der Waals surface area (Å²) in [5.41, 5.74) is 0.501. The summed E-state index contributed by atoms with van der Waals surface area (Å²) in [5.74, 6) is 3.29. The molecular formula is C27H32N2O5. The maximum atomic E-state index is 12.9. The number of carbonyl (C=O) groups excluding carboxylic acids is 2. The van der Waals surface area contributed by atoms with E-state index in [2.05, 4.69) is 17.4 Å². The first-order valence-electron chi connectivity index (χ1n) is 12.4. The van der Waals surface area contributed by atoms with Gasteiger partial charge in [0.1, 0.15) is 24.2 Å². The molecule has 1 aliphatic heterocycles. The molecule has 2 unspecified atom stereocenters. The molecule has 4 saturated carbocycles. The zero-order chi connectivity index (χ0) is 23.5. The van der Waals surface area contributed by atoms with E-state index in [-0.39, 0.29) is 13.2 Å². The monoisotopic (exact) mass is 464 g/mol.